The SMILES string of the molecule is O=C(CSc1nnc(-c2ccncc2)n1CC1CCCO1)Nc1ccc(Cl)cc1. The van der Waals surface area contributed by atoms with Gasteiger partial charge in [0.25, 0.3) is 0 Å². The van der Waals surface area contributed by atoms with E-state index in [-0.39, 0.29) is 17.8 Å². The number of halogens is 1. The first kappa shape index (κ1) is 19.9. The maximum absolute atomic E-state index is 12.3. The van der Waals surface area contributed by atoms with Crippen molar-refractivity contribution in [2.75, 3.05) is 17.7 Å². The molecule has 1 unspecified atom stereocenters. The number of hydrogen-bond acceptors (Lipinski definition) is 6. The molecule has 1 amide bonds. The van der Waals surface area contributed by atoms with Crippen LogP contribution in [-0.2, 0) is 16.1 Å². The van der Waals surface area contributed by atoms with Crippen molar-refractivity contribution >= 4 is 35.0 Å². The standard InChI is InChI=1S/C20H20ClN5O2S/c21-15-3-5-16(6-4-15)23-18(27)13-29-20-25-24-19(14-7-9-22-10-8-14)26(20)12-17-2-1-11-28-17/h3-10,17H,1-2,11-13H2,(H,23,27). The van der Waals surface area contributed by atoms with Gasteiger partial charge in [-0.2, -0.15) is 0 Å². The number of ether oxygens (including phenoxy) is 1. The minimum atomic E-state index is -0.116. The Morgan fingerprint density at radius 2 is 2.00 bits per heavy atom. The molecule has 4 rings (SSSR count). The minimum absolute atomic E-state index is 0.116. The number of carbonyl (C=O) groups is 1. The van der Waals surface area contributed by atoms with Gasteiger partial charge in [-0.25, -0.2) is 0 Å². The number of pyridine rings is 1. The molecule has 3 heterocycles. The van der Waals surface area contributed by atoms with E-state index in [9.17, 15) is 4.79 Å². The van der Waals surface area contributed by atoms with E-state index in [1.54, 1.807) is 36.7 Å². The zero-order chi connectivity index (χ0) is 20.1. The first-order valence-electron chi connectivity index (χ1n) is 9.32. The molecular weight excluding hydrogens is 410 g/mol. The Morgan fingerprint density at radius 1 is 1.21 bits per heavy atom. The number of thioether (sulfide) groups is 1. The van der Waals surface area contributed by atoms with E-state index >= 15 is 0 Å². The molecule has 29 heavy (non-hydrogen) atoms. The van der Waals surface area contributed by atoms with Gasteiger partial charge in [-0.3, -0.25) is 14.3 Å². The van der Waals surface area contributed by atoms with Gasteiger partial charge in [0, 0.05) is 35.3 Å². The lowest BCUT2D eigenvalue weighted by molar-refractivity contribution is -0.113. The Balaban J connectivity index is 1.47. The highest BCUT2D eigenvalue weighted by atomic mass is 35.5. The first-order valence-corrected chi connectivity index (χ1v) is 10.7. The van der Waals surface area contributed by atoms with Gasteiger partial charge in [0.05, 0.1) is 18.4 Å². The molecule has 1 fully saturated rings. The summed E-state index contributed by atoms with van der Waals surface area (Å²) in [5.74, 6) is 0.862. The van der Waals surface area contributed by atoms with Crippen LogP contribution in [0.3, 0.4) is 0 Å². The summed E-state index contributed by atoms with van der Waals surface area (Å²) < 4.78 is 7.83. The second-order valence-corrected chi connectivity index (χ2v) is 8.01. The molecule has 1 N–H and O–H groups in total. The number of aromatic nitrogens is 4. The monoisotopic (exact) mass is 429 g/mol. The second-order valence-electron chi connectivity index (χ2n) is 6.63. The summed E-state index contributed by atoms with van der Waals surface area (Å²) in [6, 6.07) is 10.8. The molecule has 1 atom stereocenters. The van der Waals surface area contributed by atoms with Crippen LogP contribution in [0.4, 0.5) is 5.69 Å². The third kappa shape index (κ3) is 5.14. The molecule has 0 spiro atoms. The summed E-state index contributed by atoms with van der Waals surface area (Å²) in [6.45, 7) is 1.44. The molecule has 0 bridgehead atoms. The van der Waals surface area contributed by atoms with Crippen molar-refractivity contribution in [2.24, 2.45) is 0 Å². The van der Waals surface area contributed by atoms with E-state index in [2.05, 4.69) is 20.5 Å². The van der Waals surface area contributed by atoms with E-state index in [0.29, 0.717) is 22.4 Å². The van der Waals surface area contributed by atoms with Gasteiger partial charge in [-0.15, -0.1) is 10.2 Å². The van der Waals surface area contributed by atoms with Crippen molar-refractivity contribution in [3.05, 3.63) is 53.8 Å². The fraction of sp³-hybridized carbons (Fsp3) is 0.300. The Hall–Kier alpha value is -2.42. The molecule has 0 saturated carbocycles. The maximum Gasteiger partial charge on any atom is 0.234 e. The van der Waals surface area contributed by atoms with Crippen molar-refractivity contribution < 1.29 is 9.53 Å². The summed E-state index contributed by atoms with van der Waals surface area (Å²) in [6.07, 6.45) is 5.66. The molecule has 1 aliphatic rings. The number of rotatable bonds is 7. The molecule has 3 aromatic rings. The Labute approximate surface area is 177 Å². The highest BCUT2D eigenvalue weighted by Crippen LogP contribution is 2.26. The largest absolute Gasteiger partial charge is 0.376 e. The highest BCUT2D eigenvalue weighted by Gasteiger charge is 2.22. The molecular formula is C20H20ClN5O2S. The topological polar surface area (TPSA) is 81.9 Å². The van der Waals surface area contributed by atoms with Crippen LogP contribution in [0.25, 0.3) is 11.4 Å². The predicted molar refractivity (Wildman–Crippen MR) is 113 cm³/mol. The van der Waals surface area contributed by atoms with Crippen molar-refractivity contribution in [1.82, 2.24) is 19.7 Å². The molecule has 1 aliphatic heterocycles. The average molecular weight is 430 g/mol. The van der Waals surface area contributed by atoms with Gasteiger partial charge in [0.2, 0.25) is 5.91 Å². The van der Waals surface area contributed by atoms with Gasteiger partial charge >= 0.3 is 0 Å². The minimum Gasteiger partial charge on any atom is -0.376 e. The van der Waals surface area contributed by atoms with Gasteiger partial charge in [0.15, 0.2) is 11.0 Å². The third-order valence-electron chi connectivity index (χ3n) is 4.53. The number of amides is 1. The molecule has 7 nitrogen and oxygen atoms in total. The van der Waals surface area contributed by atoms with Crippen LogP contribution in [0.5, 0.6) is 0 Å². The lowest BCUT2D eigenvalue weighted by atomic mass is 10.2. The second kappa shape index (κ2) is 9.39. The van der Waals surface area contributed by atoms with Crippen LogP contribution in [-0.4, -0.2) is 44.1 Å². The number of nitrogens with zero attached hydrogens (tertiary/aromatic N) is 4. The Bertz CT molecular complexity index is 959. The smallest absolute Gasteiger partial charge is 0.234 e. The number of benzene rings is 1. The van der Waals surface area contributed by atoms with E-state index in [0.717, 1.165) is 30.8 Å². The molecule has 150 valence electrons. The maximum atomic E-state index is 12.3. The van der Waals surface area contributed by atoms with Gasteiger partial charge in [-0.1, -0.05) is 23.4 Å². The Kier molecular flexibility index (Phi) is 6.43. The Morgan fingerprint density at radius 3 is 2.72 bits per heavy atom. The van der Waals surface area contributed by atoms with E-state index in [1.807, 2.05) is 16.7 Å². The first-order chi connectivity index (χ1) is 14.2. The zero-order valence-corrected chi connectivity index (χ0v) is 17.2. The van der Waals surface area contributed by atoms with Crippen LogP contribution in [0.1, 0.15) is 12.8 Å². The van der Waals surface area contributed by atoms with Crippen molar-refractivity contribution in [1.29, 1.82) is 0 Å². The van der Waals surface area contributed by atoms with Gasteiger partial charge in [0.1, 0.15) is 0 Å². The molecule has 1 saturated heterocycles. The number of nitrogens with one attached hydrogen (secondary N) is 1. The highest BCUT2D eigenvalue weighted by molar-refractivity contribution is 7.99. The summed E-state index contributed by atoms with van der Waals surface area (Å²) in [7, 11) is 0. The quantitative estimate of drug-likeness (QED) is 0.573. The lowest BCUT2D eigenvalue weighted by Crippen LogP contribution is -2.18. The summed E-state index contributed by atoms with van der Waals surface area (Å²) in [5, 5.41) is 12.9. The van der Waals surface area contributed by atoms with Crippen LogP contribution < -0.4 is 5.32 Å². The summed E-state index contributed by atoms with van der Waals surface area (Å²) in [4.78, 5) is 16.4. The van der Waals surface area contributed by atoms with E-state index in [1.165, 1.54) is 11.8 Å². The zero-order valence-electron chi connectivity index (χ0n) is 15.6. The predicted octanol–water partition coefficient (Wildman–Crippen LogP) is 3.90. The van der Waals surface area contributed by atoms with E-state index in [4.69, 9.17) is 16.3 Å². The molecule has 0 aliphatic carbocycles. The molecule has 2 aromatic heterocycles. The lowest BCUT2D eigenvalue weighted by Gasteiger charge is -2.14. The molecule has 1 aromatic carbocycles. The van der Waals surface area contributed by atoms with Crippen LogP contribution >= 0.6 is 23.4 Å². The summed E-state index contributed by atoms with van der Waals surface area (Å²) >= 11 is 7.24. The van der Waals surface area contributed by atoms with Gasteiger partial charge in [-0.05, 0) is 49.2 Å². The van der Waals surface area contributed by atoms with Crippen LogP contribution in [0.15, 0.2) is 53.9 Å². The summed E-state index contributed by atoms with van der Waals surface area (Å²) in [5.41, 5.74) is 1.64. The number of hydrogen-bond donors (Lipinski definition) is 1. The van der Waals surface area contributed by atoms with Crippen molar-refractivity contribution in [3.8, 4) is 11.4 Å². The normalized spacial score (nSPS) is 16.1. The van der Waals surface area contributed by atoms with Crippen molar-refractivity contribution in [3.63, 3.8) is 0 Å². The van der Waals surface area contributed by atoms with Crippen molar-refractivity contribution in [2.45, 2.75) is 30.6 Å². The fourth-order valence-electron chi connectivity index (χ4n) is 3.13. The van der Waals surface area contributed by atoms with E-state index < -0.39 is 0 Å². The molecule has 9 heteroatoms. The number of carbonyl (C=O) groups excluding carboxylic acids is 1. The average Bonchev–Trinajstić information content (AvgIpc) is 3.39. The van der Waals surface area contributed by atoms with Crippen LogP contribution in [0.2, 0.25) is 5.02 Å². The molecule has 0 radical (unpaired) electrons. The number of anilines is 1. The van der Waals surface area contributed by atoms with Gasteiger partial charge < -0.3 is 10.1 Å². The van der Waals surface area contributed by atoms with Crippen LogP contribution in [0, 0.1) is 0 Å². The fourth-order valence-corrected chi connectivity index (χ4v) is 4.00. The third-order valence-corrected chi connectivity index (χ3v) is 5.74.